The van der Waals surface area contributed by atoms with Crippen LogP contribution < -0.4 is 5.73 Å². The van der Waals surface area contributed by atoms with Gasteiger partial charge in [-0.25, -0.2) is 0 Å². The zero-order valence-corrected chi connectivity index (χ0v) is 12.7. The highest BCUT2D eigenvalue weighted by Crippen LogP contribution is 2.39. The quantitative estimate of drug-likeness (QED) is 0.901. The number of rotatable bonds is 5. The van der Waals surface area contributed by atoms with E-state index < -0.39 is 0 Å². The summed E-state index contributed by atoms with van der Waals surface area (Å²) in [7, 11) is 0. The number of carbonyl (C=O) groups is 1. The second kappa shape index (κ2) is 6.06. The van der Waals surface area contributed by atoms with Crippen molar-refractivity contribution < 1.29 is 4.79 Å². The molecule has 2 N–H and O–H groups in total. The molecule has 1 amide bonds. The second-order valence-electron chi connectivity index (χ2n) is 5.80. The molecule has 0 spiro atoms. The fourth-order valence-electron chi connectivity index (χ4n) is 2.92. The third-order valence-corrected chi connectivity index (χ3v) is 5.06. The van der Waals surface area contributed by atoms with Crippen LogP contribution in [0, 0.1) is 5.41 Å². The molecule has 4 heteroatoms. The summed E-state index contributed by atoms with van der Waals surface area (Å²) in [6.45, 7) is 5.38. The van der Waals surface area contributed by atoms with Gasteiger partial charge in [0, 0.05) is 17.5 Å². The van der Waals surface area contributed by atoms with Gasteiger partial charge < -0.3 is 10.6 Å². The van der Waals surface area contributed by atoms with Crippen LogP contribution in [0.25, 0.3) is 0 Å². The lowest BCUT2D eigenvalue weighted by Gasteiger charge is -2.35. The lowest BCUT2D eigenvalue weighted by molar-refractivity contribution is -0.143. The minimum absolute atomic E-state index is 0.221. The standard InChI is InChI=1S/C15H24N2OS/c1-12(2)17(10-13-6-5-9-19-13)14(18)15(11-16)7-3-4-8-15/h5-6,9,12H,3-4,7-8,10-11,16H2,1-2H3. The van der Waals surface area contributed by atoms with E-state index in [4.69, 9.17) is 5.73 Å². The summed E-state index contributed by atoms with van der Waals surface area (Å²) in [5, 5.41) is 2.06. The number of hydrogen-bond acceptors (Lipinski definition) is 3. The number of thiophene rings is 1. The normalized spacial score (nSPS) is 17.9. The van der Waals surface area contributed by atoms with Gasteiger partial charge in [0.1, 0.15) is 0 Å². The van der Waals surface area contributed by atoms with Gasteiger partial charge in [-0.2, -0.15) is 0 Å². The van der Waals surface area contributed by atoms with Crippen LogP contribution in [0.4, 0.5) is 0 Å². The maximum absolute atomic E-state index is 12.9. The van der Waals surface area contributed by atoms with Crippen molar-refractivity contribution in [1.82, 2.24) is 4.90 Å². The van der Waals surface area contributed by atoms with E-state index in [0.717, 1.165) is 32.2 Å². The highest BCUT2D eigenvalue weighted by molar-refractivity contribution is 7.09. The molecule has 0 radical (unpaired) electrons. The second-order valence-corrected chi connectivity index (χ2v) is 6.83. The van der Waals surface area contributed by atoms with Crippen molar-refractivity contribution in [3.63, 3.8) is 0 Å². The smallest absolute Gasteiger partial charge is 0.230 e. The Morgan fingerprint density at radius 2 is 2.16 bits per heavy atom. The first-order chi connectivity index (χ1) is 9.09. The molecule has 106 valence electrons. The van der Waals surface area contributed by atoms with E-state index in [1.165, 1.54) is 4.88 Å². The molecule has 0 aliphatic heterocycles. The Bertz CT molecular complexity index is 408. The number of nitrogens with zero attached hydrogens (tertiary/aromatic N) is 1. The Morgan fingerprint density at radius 1 is 1.47 bits per heavy atom. The van der Waals surface area contributed by atoms with Gasteiger partial charge in [0.2, 0.25) is 5.91 Å². The van der Waals surface area contributed by atoms with Crippen LogP contribution in [-0.2, 0) is 11.3 Å². The molecular weight excluding hydrogens is 256 g/mol. The third kappa shape index (κ3) is 3.00. The van der Waals surface area contributed by atoms with Crippen molar-refractivity contribution in [2.45, 2.75) is 52.1 Å². The highest BCUT2D eigenvalue weighted by atomic mass is 32.1. The molecule has 1 aromatic rings. The molecule has 1 fully saturated rings. The average Bonchev–Trinajstić information content (AvgIpc) is 3.06. The minimum atomic E-state index is -0.290. The van der Waals surface area contributed by atoms with Gasteiger partial charge in [-0.3, -0.25) is 4.79 Å². The number of hydrogen-bond donors (Lipinski definition) is 1. The molecule has 1 saturated carbocycles. The van der Waals surface area contributed by atoms with Crippen LogP contribution >= 0.6 is 11.3 Å². The SMILES string of the molecule is CC(C)N(Cc1cccs1)C(=O)C1(CN)CCCC1. The first-order valence-corrected chi connectivity index (χ1v) is 8.00. The molecule has 0 aromatic carbocycles. The molecule has 0 atom stereocenters. The number of nitrogens with two attached hydrogens (primary N) is 1. The largest absolute Gasteiger partial charge is 0.335 e. The van der Waals surface area contributed by atoms with Crippen LogP contribution in [0.2, 0.25) is 0 Å². The molecule has 1 aliphatic rings. The van der Waals surface area contributed by atoms with E-state index >= 15 is 0 Å². The fourth-order valence-corrected chi connectivity index (χ4v) is 3.62. The molecule has 0 bridgehead atoms. The van der Waals surface area contributed by atoms with Gasteiger partial charge in [-0.15, -0.1) is 11.3 Å². The summed E-state index contributed by atoms with van der Waals surface area (Å²) < 4.78 is 0. The van der Waals surface area contributed by atoms with Crippen molar-refractivity contribution in [2.24, 2.45) is 11.1 Å². The first-order valence-electron chi connectivity index (χ1n) is 7.12. The summed E-state index contributed by atoms with van der Waals surface area (Å²) in [5.41, 5.74) is 5.65. The van der Waals surface area contributed by atoms with E-state index in [-0.39, 0.29) is 17.4 Å². The van der Waals surface area contributed by atoms with Crippen molar-refractivity contribution in [3.8, 4) is 0 Å². The third-order valence-electron chi connectivity index (χ3n) is 4.20. The Hall–Kier alpha value is -0.870. The Balaban J connectivity index is 2.16. The van der Waals surface area contributed by atoms with Crippen molar-refractivity contribution in [3.05, 3.63) is 22.4 Å². The maximum atomic E-state index is 12.9. The summed E-state index contributed by atoms with van der Waals surface area (Å²) in [5.74, 6) is 0.260. The monoisotopic (exact) mass is 280 g/mol. The van der Waals surface area contributed by atoms with E-state index in [0.29, 0.717) is 6.54 Å². The predicted molar refractivity (Wildman–Crippen MR) is 80.0 cm³/mol. The molecule has 19 heavy (non-hydrogen) atoms. The van der Waals surface area contributed by atoms with E-state index in [9.17, 15) is 4.79 Å². The molecule has 2 rings (SSSR count). The molecule has 1 aromatic heterocycles. The van der Waals surface area contributed by atoms with Gasteiger partial charge >= 0.3 is 0 Å². The van der Waals surface area contributed by atoms with Gasteiger partial charge in [0.15, 0.2) is 0 Å². The van der Waals surface area contributed by atoms with Crippen molar-refractivity contribution in [1.29, 1.82) is 0 Å². The molecule has 3 nitrogen and oxygen atoms in total. The first kappa shape index (κ1) is 14.5. The highest BCUT2D eigenvalue weighted by Gasteiger charge is 2.42. The lowest BCUT2D eigenvalue weighted by atomic mass is 9.84. The van der Waals surface area contributed by atoms with E-state index in [1.807, 2.05) is 11.0 Å². The zero-order valence-electron chi connectivity index (χ0n) is 11.9. The lowest BCUT2D eigenvalue weighted by Crippen LogP contribution is -2.48. The van der Waals surface area contributed by atoms with Gasteiger partial charge in [-0.1, -0.05) is 18.9 Å². The van der Waals surface area contributed by atoms with Gasteiger partial charge in [-0.05, 0) is 38.1 Å². The summed E-state index contributed by atoms with van der Waals surface area (Å²) in [6.07, 6.45) is 4.17. The minimum Gasteiger partial charge on any atom is -0.335 e. The maximum Gasteiger partial charge on any atom is 0.230 e. The van der Waals surface area contributed by atoms with E-state index in [2.05, 4.69) is 25.3 Å². The van der Waals surface area contributed by atoms with Crippen molar-refractivity contribution in [2.75, 3.05) is 6.54 Å². The zero-order chi connectivity index (χ0) is 13.9. The van der Waals surface area contributed by atoms with Crippen LogP contribution in [0.1, 0.15) is 44.4 Å². The van der Waals surface area contributed by atoms with Gasteiger partial charge in [0.05, 0.1) is 12.0 Å². The number of carbonyl (C=O) groups excluding carboxylic acids is 1. The Kier molecular flexibility index (Phi) is 4.63. The number of amides is 1. The molecule has 0 saturated heterocycles. The van der Waals surface area contributed by atoms with Gasteiger partial charge in [0.25, 0.3) is 0 Å². The Morgan fingerprint density at radius 3 is 2.63 bits per heavy atom. The van der Waals surface area contributed by atoms with Crippen LogP contribution in [0.15, 0.2) is 17.5 Å². The van der Waals surface area contributed by atoms with Crippen molar-refractivity contribution >= 4 is 17.2 Å². The predicted octanol–water partition coefficient (Wildman–Crippen LogP) is 3.00. The topological polar surface area (TPSA) is 46.3 Å². The van der Waals surface area contributed by atoms with Crippen LogP contribution in [0.3, 0.4) is 0 Å². The fraction of sp³-hybridized carbons (Fsp3) is 0.667. The van der Waals surface area contributed by atoms with E-state index in [1.54, 1.807) is 11.3 Å². The summed E-state index contributed by atoms with van der Waals surface area (Å²) in [4.78, 5) is 16.2. The molecule has 1 aliphatic carbocycles. The molecular formula is C15H24N2OS. The molecule has 1 heterocycles. The van der Waals surface area contributed by atoms with Crippen LogP contribution in [0.5, 0.6) is 0 Å². The average molecular weight is 280 g/mol. The summed E-state index contributed by atoms with van der Waals surface area (Å²) >= 11 is 1.71. The Labute approximate surface area is 119 Å². The summed E-state index contributed by atoms with van der Waals surface area (Å²) in [6, 6.07) is 4.35. The van der Waals surface area contributed by atoms with Crippen LogP contribution in [-0.4, -0.2) is 23.4 Å². The molecule has 0 unspecified atom stereocenters.